The summed E-state index contributed by atoms with van der Waals surface area (Å²) in [6.07, 6.45) is 9.66. The molecule has 3 heterocycles. The lowest BCUT2D eigenvalue weighted by atomic mass is 9.79. The van der Waals surface area contributed by atoms with Crippen molar-refractivity contribution >= 4 is 46.5 Å². The Morgan fingerprint density at radius 2 is 1.74 bits per heavy atom. The van der Waals surface area contributed by atoms with Crippen molar-refractivity contribution in [2.24, 2.45) is 5.92 Å². The molecule has 6 nitrogen and oxygen atoms in total. The number of anilines is 3. The third kappa shape index (κ3) is 5.83. The summed E-state index contributed by atoms with van der Waals surface area (Å²) < 4.78 is 0. The zero-order valence-corrected chi connectivity index (χ0v) is 22.3. The third-order valence-corrected chi connectivity index (χ3v) is 8.40. The molecule has 188 valence electrons. The van der Waals surface area contributed by atoms with Crippen molar-refractivity contribution < 1.29 is 0 Å². The van der Waals surface area contributed by atoms with E-state index in [1.165, 1.54) is 44.1 Å². The Morgan fingerprint density at radius 3 is 2.46 bits per heavy atom. The Morgan fingerprint density at radius 1 is 1.03 bits per heavy atom. The maximum Gasteiger partial charge on any atom is 0.232 e. The second-order valence-corrected chi connectivity index (χ2v) is 11.4. The van der Waals surface area contributed by atoms with Crippen LogP contribution >= 0.6 is 23.8 Å². The highest BCUT2D eigenvalue weighted by atomic mass is 35.5. The Kier molecular flexibility index (Phi) is 7.63. The number of rotatable bonds is 6. The van der Waals surface area contributed by atoms with Crippen molar-refractivity contribution in [3.05, 3.63) is 40.9 Å². The van der Waals surface area contributed by atoms with Gasteiger partial charge in [-0.1, -0.05) is 43.5 Å². The Labute approximate surface area is 219 Å². The number of thiocarbonyl (C=S) groups is 1. The summed E-state index contributed by atoms with van der Waals surface area (Å²) in [4.78, 5) is 14.5. The first-order valence-electron chi connectivity index (χ1n) is 13.2. The molecule has 0 bridgehead atoms. The van der Waals surface area contributed by atoms with Crippen LogP contribution in [0.25, 0.3) is 0 Å². The molecule has 2 aromatic rings. The van der Waals surface area contributed by atoms with Crippen LogP contribution in [0.2, 0.25) is 5.02 Å². The van der Waals surface area contributed by atoms with Crippen molar-refractivity contribution in [1.29, 1.82) is 0 Å². The minimum Gasteiger partial charge on any atom is -0.361 e. The van der Waals surface area contributed by atoms with Gasteiger partial charge >= 0.3 is 0 Å². The molecule has 2 saturated heterocycles. The average Bonchev–Trinajstić information content (AvgIpc) is 3.56. The number of hydrogen-bond acceptors (Lipinski definition) is 5. The molecule has 0 unspecified atom stereocenters. The molecule has 5 rings (SSSR count). The van der Waals surface area contributed by atoms with Gasteiger partial charge in [0.2, 0.25) is 5.95 Å². The molecule has 1 aromatic heterocycles. The van der Waals surface area contributed by atoms with Crippen LogP contribution < -0.4 is 20.4 Å². The molecule has 1 aromatic carbocycles. The molecule has 8 heteroatoms. The first-order valence-corrected chi connectivity index (χ1v) is 14.0. The van der Waals surface area contributed by atoms with Crippen molar-refractivity contribution in [2.75, 3.05) is 47.8 Å². The molecule has 0 radical (unpaired) electrons. The fourth-order valence-corrected chi connectivity index (χ4v) is 6.33. The minimum absolute atomic E-state index is 0.0595. The van der Waals surface area contributed by atoms with E-state index >= 15 is 0 Å². The Hall–Kier alpha value is -2.12. The lowest BCUT2D eigenvalue weighted by molar-refractivity contribution is 0.435. The van der Waals surface area contributed by atoms with Crippen molar-refractivity contribution in [3.8, 4) is 0 Å². The second-order valence-electron chi connectivity index (χ2n) is 10.6. The van der Waals surface area contributed by atoms with Crippen molar-refractivity contribution in [2.45, 2.75) is 63.7 Å². The van der Waals surface area contributed by atoms with Gasteiger partial charge in [0, 0.05) is 49.2 Å². The van der Waals surface area contributed by atoms with Crippen molar-refractivity contribution in [3.63, 3.8) is 0 Å². The summed E-state index contributed by atoms with van der Waals surface area (Å²) in [7, 11) is 0. The monoisotopic (exact) mass is 512 g/mol. The van der Waals surface area contributed by atoms with Crippen LogP contribution in [0.3, 0.4) is 0 Å². The number of hydrogen-bond donors (Lipinski definition) is 2. The van der Waals surface area contributed by atoms with Gasteiger partial charge < -0.3 is 20.4 Å². The largest absolute Gasteiger partial charge is 0.361 e. The number of benzene rings is 1. The van der Waals surface area contributed by atoms with E-state index in [9.17, 15) is 0 Å². The van der Waals surface area contributed by atoms with Crippen LogP contribution in [0.15, 0.2) is 30.3 Å². The van der Waals surface area contributed by atoms with E-state index in [1.54, 1.807) is 0 Å². The van der Waals surface area contributed by atoms with E-state index in [1.807, 2.05) is 6.07 Å². The molecule has 0 amide bonds. The topological polar surface area (TPSA) is 56.3 Å². The highest BCUT2D eigenvalue weighted by molar-refractivity contribution is 7.80. The first kappa shape index (κ1) is 24.6. The fraction of sp³-hybridized carbons (Fsp3) is 0.593. The van der Waals surface area contributed by atoms with Crippen LogP contribution in [-0.4, -0.2) is 47.8 Å². The molecular weight excluding hydrogens is 476 g/mol. The van der Waals surface area contributed by atoms with Crippen LogP contribution in [0.4, 0.5) is 17.6 Å². The van der Waals surface area contributed by atoms with E-state index in [0.717, 1.165) is 62.2 Å². The lowest BCUT2D eigenvalue weighted by Gasteiger charge is -2.33. The molecule has 3 fully saturated rings. The van der Waals surface area contributed by atoms with Gasteiger partial charge in [0.15, 0.2) is 5.11 Å². The maximum atomic E-state index is 6.33. The molecule has 1 atom stereocenters. The predicted molar refractivity (Wildman–Crippen MR) is 150 cm³/mol. The van der Waals surface area contributed by atoms with Crippen LogP contribution in [0.5, 0.6) is 0 Å². The minimum atomic E-state index is 0.0595. The number of nitrogens with one attached hydrogen (secondary N) is 2. The quantitative estimate of drug-likeness (QED) is 0.477. The SMILES string of the molecule is C[C@@H]1CCCN(c2cc(N3CCCC3)nc(NC(=S)NCC3(c4cccc(Cl)c4)CCCC3)n2)C1. The summed E-state index contributed by atoms with van der Waals surface area (Å²) in [5, 5.41) is 8.19. The second kappa shape index (κ2) is 10.9. The molecule has 1 aliphatic carbocycles. The molecule has 2 aliphatic heterocycles. The highest BCUT2D eigenvalue weighted by Crippen LogP contribution is 2.41. The van der Waals surface area contributed by atoms with Crippen LogP contribution in [-0.2, 0) is 5.41 Å². The van der Waals surface area contributed by atoms with E-state index in [0.29, 0.717) is 17.0 Å². The van der Waals surface area contributed by atoms with E-state index in [-0.39, 0.29) is 5.41 Å². The lowest BCUT2D eigenvalue weighted by Crippen LogP contribution is -2.41. The number of nitrogens with zero attached hydrogens (tertiary/aromatic N) is 4. The standard InChI is InChI=1S/C27H37ClN6S/c1-20-8-7-15-34(18-20)24-17-23(33-13-4-5-14-33)30-25(31-24)32-26(35)29-19-27(11-2-3-12-27)21-9-6-10-22(28)16-21/h6,9-10,16-17,20H,2-5,7-8,11-15,18-19H2,1H3,(H2,29,30,31,32,35)/t20-/m1/s1. The van der Waals surface area contributed by atoms with E-state index < -0.39 is 0 Å². The summed E-state index contributed by atoms with van der Waals surface area (Å²) in [6.45, 7) is 7.30. The Balaban J connectivity index is 1.31. The smallest absolute Gasteiger partial charge is 0.232 e. The summed E-state index contributed by atoms with van der Waals surface area (Å²) in [5.74, 6) is 3.28. The Bertz CT molecular complexity index is 1030. The molecule has 1 saturated carbocycles. The molecule has 2 N–H and O–H groups in total. The van der Waals surface area contributed by atoms with Gasteiger partial charge in [0.25, 0.3) is 0 Å². The van der Waals surface area contributed by atoms with Gasteiger partial charge in [0.05, 0.1) is 0 Å². The van der Waals surface area contributed by atoms with Gasteiger partial charge in [-0.2, -0.15) is 9.97 Å². The number of halogens is 1. The van der Waals surface area contributed by atoms with Crippen LogP contribution in [0.1, 0.15) is 63.9 Å². The molecule has 0 spiro atoms. The zero-order valence-electron chi connectivity index (χ0n) is 20.7. The third-order valence-electron chi connectivity index (χ3n) is 7.92. The van der Waals surface area contributed by atoms with Crippen LogP contribution in [0, 0.1) is 5.92 Å². The molecule has 35 heavy (non-hydrogen) atoms. The summed E-state index contributed by atoms with van der Waals surface area (Å²) in [5.41, 5.74) is 1.36. The van der Waals surface area contributed by atoms with E-state index in [4.69, 9.17) is 33.8 Å². The summed E-state index contributed by atoms with van der Waals surface area (Å²) >= 11 is 12.1. The van der Waals surface area contributed by atoms with Crippen molar-refractivity contribution in [1.82, 2.24) is 15.3 Å². The zero-order chi connectivity index (χ0) is 24.3. The number of aromatic nitrogens is 2. The average molecular weight is 513 g/mol. The highest BCUT2D eigenvalue weighted by Gasteiger charge is 2.36. The number of piperidine rings is 1. The van der Waals surface area contributed by atoms with E-state index in [2.05, 4.69) is 51.6 Å². The van der Waals surface area contributed by atoms with Gasteiger partial charge in [-0.25, -0.2) is 0 Å². The molecule has 3 aliphatic rings. The first-order chi connectivity index (χ1) is 17.0. The van der Waals surface area contributed by atoms with Gasteiger partial charge in [-0.3, -0.25) is 0 Å². The molecular formula is C27H37ClN6S. The maximum absolute atomic E-state index is 6.33. The normalized spacial score (nSPS) is 21.8. The summed E-state index contributed by atoms with van der Waals surface area (Å²) in [6, 6.07) is 10.5. The fourth-order valence-electron chi connectivity index (χ4n) is 5.98. The van der Waals surface area contributed by atoms with Gasteiger partial charge in [0.1, 0.15) is 11.6 Å². The van der Waals surface area contributed by atoms with Gasteiger partial charge in [-0.15, -0.1) is 0 Å². The van der Waals surface area contributed by atoms with Gasteiger partial charge in [-0.05, 0) is 74.4 Å². The predicted octanol–water partition coefficient (Wildman–Crippen LogP) is 5.76.